The van der Waals surface area contributed by atoms with Crippen LogP contribution < -0.4 is 10.2 Å². The quantitative estimate of drug-likeness (QED) is 0.652. The molecule has 1 N–H and O–H groups in total. The second-order valence-electron chi connectivity index (χ2n) is 7.11. The lowest BCUT2D eigenvalue weighted by molar-refractivity contribution is 0.0951. The van der Waals surface area contributed by atoms with Crippen molar-refractivity contribution in [2.75, 3.05) is 49.9 Å². The maximum Gasteiger partial charge on any atom is 0.251 e. The second-order valence-corrected chi connectivity index (χ2v) is 8.38. The Balaban J connectivity index is 1.32. The van der Waals surface area contributed by atoms with Gasteiger partial charge in [-0.2, -0.15) is 11.8 Å². The van der Waals surface area contributed by atoms with Gasteiger partial charge in [-0.25, -0.2) is 0 Å². The summed E-state index contributed by atoms with van der Waals surface area (Å²) in [6.07, 6.45) is 0.988. The number of carbonyl (C=O) groups is 1. The molecule has 0 aliphatic carbocycles. The van der Waals surface area contributed by atoms with Crippen LogP contribution in [0.15, 0.2) is 54.6 Å². The lowest BCUT2D eigenvalue weighted by Gasteiger charge is -2.36. The average molecular weight is 398 g/mol. The average Bonchev–Trinajstić information content (AvgIpc) is 2.76. The first-order chi connectivity index (χ1) is 13.8. The van der Waals surface area contributed by atoms with Crippen LogP contribution in [0.25, 0.3) is 0 Å². The Morgan fingerprint density at radius 2 is 1.71 bits per heavy atom. The first-order valence-corrected chi connectivity index (χ1v) is 11.4. The Bertz CT molecular complexity index is 712. The van der Waals surface area contributed by atoms with Crippen LogP contribution in [0.1, 0.15) is 29.3 Å². The van der Waals surface area contributed by atoms with Gasteiger partial charge in [0.2, 0.25) is 0 Å². The molecule has 2 aromatic carbocycles. The van der Waals surface area contributed by atoms with Crippen molar-refractivity contribution in [1.82, 2.24) is 10.2 Å². The standard InChI is InChI=1S/C23H31N3OS/c1-2-28-19-20-9-11-21(12-10-20)23(27)24-13-6-14-25-15-17-26(18-16-25)22-7-4-3-5-8-22/h3-5,7-12H,2,6,13-19H2,1H3,(H,24,27). The van der Waals surface area contributed by atoms with Crippen molar-refractivity contribution < 1.29 is 4.79 Å². The number of benzene rings is 2. The van der Waals surface area contributed by atoms with E-state index in [1.807, 2.05) is 23.9 Å². The monoisotopic (exact) mass is 397 g/mol. The van der Waals surface area contributed by atoms with Crippen molar-refractivity contribution in [3.05, 3.63) is 65.7 Å². The molecule has 0 aromatic heterocycles. The molecule has 0 spiro atoms. The summed E-state index contributed by atoms with van der Waals surface area (Å²) < 4.78 is 0. The molecule has 150 valence electrons. The van der Waals surface area contributed by atoms with Crippen LogP contribution in [0.2, 0.25) is 0 Å². The van der Waals surface area contributed by atoms with Crippen molar-refractivity contribution >= 4 is 23.4 Å². The van der Waals surface area contributed by atoms with Gasteiger partial charge in [0.05, 0.1) is 0 Å². The van der Waals surface area contributed by atoms with Gasteiger partial charge in [0.1, 0.15) is 0 Å². The maximum absolute atomic E-state index is 12.3. The molecule has 1 heterocycles. The first kappa shape index (κ1) is 20.7. The molecule has 1 fully saturated rings. The Hall–Kier alpha value is -1.98. The summed E-state index contributed by atoms with van der Waals surface area (Å²) in [6.45, 7) is 8.23. The molecule has 0 unspecified atom stereocenters. The minimum Gasteiger partial charge on any atom is -0.369 e. The van der Waals surface area contributed by atoms with Crippen molar-refractivity contribution in [2.45, 2.75) is 19.1 Å². The molecule has 3 rings (SSSR count). The Morgan fingerprint density at radius 3 is 2.39 bits per heavy atom. The summed E-state index contributed by atoms with van der Waals surface area (Å²) in [4.78, 5) is 17.2. The number of thioether (sulfide) groups is 1. The molecular formula is C23H31N3OS. The first-order valence-electron chi connectivity index (χ1n) is 10.2. The molecule has 1 aliphatic rings. The van der Waals surface area contributed by atoms with E-state index >= 15 is 0 Å². The number of para-hydroxylation sites is 1. The highest BCUT2D eigenvalue weighted by Gasteiger charge is 2.16. The van der Waals surface area contributed by atoms with Gasteiger partial charge in [-0.3, -0.25) is 9.69 Å². The number of piperazine rings is 1. The van der Waals surface area contributed by atoms with Crippen LogP contribution >= 0.6 is 11.8 Å². The topological polar surface area (TPSA) is 35.6 Å². The van der Waals surface area contributed by atoms with E-state index in [1.165, 1.54) is 11.3 Å². The molecule has 0 bridgehead atoms. The molecular weight excluding hydrogens is 366 g/mol. The van der Waals surface area contributed by atoms with E-state index in [0.29, 0.717) is 0 Å². The van der Waals surface area contributed by atoms with E-state index in [9.17, 15) is 4.79 Å². The number of carbonyl (C=O) groups excluding carboxylic acids is 1. The van der Waals surface area contributed by atoms with Gasteiger partial charge in [0, 0.05) is 49.7 Å². The van der Waals surface area contributed by atoms with Crippen LogP contribution in [0, 0.1) is 0 Å². The molecule has 2 aromatic rings. The van der Waals surface area contributed by atoms with Gasteiger partial charge >= 0.3 is 0 Å². The number of amides is 1. The molecule has 0 atom stereocenters. The van der Waals surface area contributed by atoms with E-state index in [-0.39, 0.29) is 5.91 Å². The lowest BCUT2D eigenvalue weighted by Crippen LogP contribution is -2.47. The fraction of sp³-hybridized carbons (Fsp3) is 0.435. The third kappa shape index (κ3) is 6.28. The molecule has 1 saturated heterocycles. The van der Waals surface area contributed by atoms with Crippen molar-refractivity contribution in [3.8, 4) is 0 Å². The summed E-state index contributed by atoms with van der Waals surface area (Å²) in [5.41, 5.74) is 3.34. The fourth-order valence-electron chi connectivity index (χ4n) is 3.45. The summed E-state index contributed by atoms with van der Waals surface area (Å²) in [5, 5.41) is 3.05. The van der Waals surface area contributed by atoms with Crippen molar-refractivity contribution in [1.29, 1.82) is 0 Å². The molecule has 5 heteroatoms. The van der Waals surface area contributed by atoms with Gasteiger partial charge in [0.25, 0.3) is 5.91 Å². The molecule has 4 nitrogen and oxygen atoms in total. The minimum absolute atomic E-state index is 0.0311. The van der Waals surface area contributed by atoms with Crippen molar-refractivity contribution in [2.24, 2.45) is 0 Å². The van der Waals surface area contributed by atoms with Crippen LogP contribution in [0.5, 0.6) is 0 Å². The smallest absolute Gasteiger partial charge is 0.251 e. The largest absolute Gasteiger partial charge is 0.369 e. The van der Waals surface area contributed by atoms with Gasteiger partial charge < -0.3 is 10.2 Å². The summed E-state index contributed by atoms with van der Waals surface area (Å²) >= 11 is 1.90. The summed E-state index contributed by atoms with van der Waals surface area (Å²) in [6, 6.07) is 18.6. The Labute approximate surface area is 173 Å². The third-order valence-electron chi connectivity index (χ3n) is 5.12. The van der Waals surface area contributed by atoms with Crippen molar-refractivity contribution in [3.63, 3.8) is 0 Å². The number of nitrogens with zero attached hydrogens (tertiary/aromatic N) is 2. The van der Waals surface area contributed by atoms with E-state index in [1.54, 1.807) is 0 Å². The van der Waals surface area contributed by atoms with Crippen LogP contribution in [0.4, 0.5) is 5.69 Å². The van der Waals surface area contributed by atoms with Gasteiger partial charge in [0.15, 0.2) is 0 Å². The van der Waals surface area contributed by atoms with Gasteiger partial charge in [-0.05, 0) is 48.5 Å². The van der Waals surface area contributed by atoms with Crippen LogP contribution in [0.3, 0.4) is 0 Å². The third-order valence-corrected chi connectivity index (χ3v) is 6.06. The van der Waals surface area contributed by atoms with Crippen LogP contribution in [-0.4, -0.2) is 55.8 Å². The van der Waals surface area contributed by atoms with E-state index in [2.05, 4.69) is 64.5 Å². The summed E-state index contributed by atoms with van der Waals surface area (Å²) in [7, 11) is 0. The SMILES string of the molecule is CCSCc1ccc(C(=O)NCCCN2CCN(c3ccccc3)CC2)cc1. The van der Waals surface area contributed by atoms with Gasteiger partial charge in [-0.15, -0.1) is 0 Å². The van der Waals surface area contributed by atoms with E-state index < -0.39 is 0 Å². The number of nitrogens with one attached hydrogen (secondary N) is 1. The maximum atomic E-state index is 12.3. The molecule has 1 aliphatic heterocycles. The zero-order chi connectivity index (χ0) is 19.6. The number of hydrogen-bond donors (Lipinski definition) is 1. The zero-order valence-electron chi connectivity index (χ0n) is 16.8. The highest BCUT2D eigenvalue weighted by atomic mass is 32.2. The molecule has 0 radical (unpaired) electrons. The van der Waals surface area contributed by atoms with E-state index in [0.717, 1.165) is 62.8 Å². The normalized spacial score (nSPS) is 14.8. The number of anilines is 1. The zero-order valence-corrected chi connectivity index (χ0v) is 17.6. The highest BCUT2D eigenvalue weighted by molar-refractivity contribution is 7.98. The molecule has 1 amide bonds. The highest BCUT2D eigenvalue weighted by Crippen LogP contribution is 2.15. The molecule has 28 heavy (non-hydrogen) atoms. The van der Waals surface area contributed by atoms with Gasteiger partial charge in [-0.1, -0.05) is 37.3 Å². The summed E-state index contributed by atoms with van der Waals surface area (Å²) in [5.74, 6) is 2.16. The lowest BCUT2D eigenvalue weighted by atomic mass is 10.1. The second kappa shape index (κ2) is 11.1. The van der Waals surface area contributed by atoms with E-state index in [4.69, 9.17) is 0 Å². The predicted octanol–water partition coefficient (Wildman–Crippen LogP) is 3.88. The Morgan fingerprint density at radius 1 is 1.00 bits per heavy atom. The predicted molar refractivity (Wildman–Crippen MR) is 120 cm³/mol. The molecule has 0 saturated carbocycles. The number of hydrogen-bond acceptors (Lipinski definition) is 4. The fourth-order valence-corrected chi connectivity index (χ4v) is 4.08. The van der Waals surface area contributed by atoms with Crippen LogP contribution in [-0.2, 0) is 5.75 Å². The Kier molecular flexibility index (Phi) is 8.24. The minimum atomic E-state index is 0.0311. The number of rotatable bonds is 9.